The van der Waals surface area contributed by atoms with Crippen LogP contribution in [0.15, 0.2) is 42.0 Å². The highest BCUT2D eigenvalue weighted by Gasteiger charge is 2.45. The normalized spacial score (nSPS) is 29.7. The zero-order valence-corrected chi connectivity index (χ0v) is 27.2. The summed E-state index contributed by atoms with van der Waals surface area (Å²) in [6.45, 7) is 8.55. The monoisotopic (exact) mass is 666 g/mol. The van der Waals surface area contributed by atoms with Crippen LogP contribution < -0.4 is 9.47 Å². The SMILES string of the molecule is C=CCCCc1cc(OC2O[C@H](O)[C@@H](O)[C@H](O)[C@H]2CO)c(C/C=C(\C)CCC=C(C)C)c(OC[C@H]2CO[C@H](O)[C@@H](O)[C@@H]2O)c1C(=O)O. The predicted molar refractivity (Wildman–Crippen MR) is 170 cm³/mol. The first kappa shape index (κ1) is 38.6. The number of unbranched alkanes of at least 4 members (excludes halogenated alkanes) is 1. The van der Waals surface area contributed by atoms with Crippen LogP contribution in [0.1, 0.15) is 67.9 Å². The van der Waals surface area contributed by atoms with E-state index in [1.807, 2.05) is 26.8 Å². The van der Waals surface area contributed by atoms with E-state index in [2.05, 4.69) is 12.7 Å². The summed E-state index contributed by atoms with van der Waals surface area (Å²) in [6, 6.07) is 1.53. The van der Waals surface area contributed by atoms with Crippen LogP contribution >= 0.6 is 0 Å². The minimum atomic E-state index is -1.82. The van der Waals surface area contributed by atoms with Crippen molar-refractivity contribution >= 4 is 5.97 Å². The zero-order chi connectivity index (χ0) is 34.8. The van der Waals surface area contributed by atoms with Gasteiger partial charge in [0.05, 0.1) is 37.9 Å². The quantitative estimate of drug-likeness (QED) is 0.0930. The molecule has 47 heavy (non-hydrogen) atoms. The Morgan fingerprint density at radius 1 is 1.00 bits per heavy atom. The van der Waals surface area contributed by atoms with Crippen molar-refractivity contribution in [3.8, 4) is 11.5 Å². The van der Waals surface area contributed by atoms with Crippen LogP contribution in [-0.2, 0) is 22.3 Å². The molecule has 2 aliphatic rings. The van der Waals surface area contributed by atoms with Gasteiger partial charge in [-0.25, -0.2) is 4.79 Å². The van der Waals surface area contributed by atoms with Crippen molar-refractivity contribution in [1.82, 2.24) is 0 Å². The molecule has 3 rings (SSSR count). The van der Waals surface area contributed by atoms with E-state index in [0.717, 1.165) is 18.4 Å². The van der Waals surface area contributed by atoms with E-state index < -0.39 is 67.7 Å². The van der Waals surface area contributed by atoms with Crippen LogP contribution in [0.4, 0.5) is 0 Å². The summed E-state index contributed by atoms with van der Waals surface area (Å²) in [4.78, 5) is 12.8. The Kier molecular flexibility index (Phi) is 14.8. The highest BCUT2D eigenvalue weighted by molar-refractivity contribution is 5.94. The van der Waals surface area contributed by atoms with Gasteiger partial charge in [-0.05, 0) is 70.9 Å². The number of allylic oxidation sites excluding steroid dienone is 5. The van der Waals surface area contributed by atoms with Crippen LogP contribution in [-0.4, -0.2) is 110 Å². The first-order valence-corrected chi connectivity index (χ1v) is 15.9. The number of aryl methyl sites for hydroxylation is 1. The lowest BCUT2D eigenvalue weighted by molar-refractivity contribution is -0.312. The molecule has 0 spiro atoms. The van der Waals surface area contributed by atoms with Crippen LogP contribution in [0, 0.1) is 11.8 Å². The molecule has 0 aliphatic carbocycles. The largest absolute Gasteiger partial charge is 0.492 e. The Labute approximate surface area is 275 Å². The summed E-state index contributed by atoms with van der Waals surface area (Å²) >= 11 is 0. The van der Waals surface area contributed by atoms with Crippen LogP contribution in [0.25, 0.3) is 0 Å². The van der Waals surface area contributed by atoms with Gasteiger partial charge in [-0.3, -0.25) is 0 Å². The molecule has 1 aromatic rings. The molecule has 0 radical (unpaired) electrons. The maximum absolute atomic E-state index is 12.8. The first-order valence-electron chi connectivity index (χ1n) is 15.9. The molecule has 2 heterocycles. The lowest BCUT2D eigenvalue weighted by Crippen LogP contribution is -2.57. The number of aromatic carboxylic acids is 1. The average molecular weight is 667 g/mol. The summed E-state index contributed by atoms with van der Waals surface area (Å²) in [5.41, 5.74) is 2.65. The standard InChI is InChI=1S/C34H50O13/c1-5-6-7-11-20-14-24(46-34-23(15-35)27(37)29(39)33(43)47-34)22(13-12-19(4)10-8-9-18(2)3)30(25(20)31(40)41)44-16-21-17-45-32(42)28(38)26(21)36/h5,9,12,14,21,23,26-29,32-39,42-43H,1,6-8,10-11,13,15-17H2,2-4H3,(H,40,41)/b19-12+/t21-,23+,26+,27+,28-,29-,32-,33-,34?/m0/s1. The first-order chi connectivity index (χ1) is 22.3. The van der Waals surface area contributed by atoms with Crippen molar-refractivity contribution in [1.29, 1.82) is 0 Å². The van der Waals surface area contributed by atoms with Gasteiger partial charge in [-0.15, -0.1) is 6.58 Å². The Hall–Kier alpha value is -2.85. The third kappa shape index (κ3) is 10.1. The number of carboxylic acids is 1. The number of aliphatic hydroxyl groups excluding tert-OH is 7. The van der Waals surface area contributed by atoms with Crippen molar-refractivity contribution < 1.29 is 64.6 Å². The van der Waals surface area contributed by atoms with E-state index in [9.17, 15) is 45.6 Å². The predicted octanol–water partition coefficient (Wildman–Crippen LogP) is 1.58. The number of carbonyl (C=O) groups is 1. The number of hydrogen-bond acceptors (Lipinski definition) is 12. The van der Waals surface area contributed by atoms with E-state index in [4.69, 9.17) is 18.9 Å². The molecule has 13 nitrogen and oxygen atoms in total. The minimum absolute atomic E-state index is 0.0674. The van der Waals surface area contributed by atoms with Crippen molar-refractivity contribution in [2.24, 2.45) is 11.8 Å². The van der Waals surface area contributed by atoms with Gasteiger partial charge < -0.3 is 59.8 Å². The van der Waals surface area contributed by atoms with Gasteiger partial charge in [0.25, 0.3) is 0 Å². The highest BCUT2D eigenvalue weighted by Crippen LogP contribution is 2.40. The molecule has 2 aliphatic heterocycles. The second-order valence-electron chi connectivity index (χ2n) is 12.4. The summed E-state index contributed by atoms with van der Waals surface area (Å²) in [5, 5.41) is 82.0. The van der Waals surface area contributed by atoms with Gasteiger partial charge in [0.1, 0.15) is 29.3 Å². The Balaban J connectivity index is 2.15. The fourth-order valence-electron chi connectivity index (χ4n) is 5.56. The molecule has 0 bridgehead atoms. The van der Waals surface area contributed by atoms with Gasteiger partial charge in [-0.1, -0.05) is 29.4 Å². The van der Waals surface area contributed by atoms with Crippen LogP contribution in [0.2, 0.25) is 0 Å². The molecular weight excluding hydrogens is 616 g/mol. The molecule has 2 saturated heterocycles. The van der Waals surface area contributed by atoms with E-state index in [0.29, 0.717) is 18.4 Å². The number of benzene rings is 1. The van der Waals surface area contributed by atoms with Crippen molar-refractivity contribution in [3.05, 3.63) is 58.7 Å². The van der Waals surface area contributed by atoms with Crippen molar-refractivity contribution in [2.75, 3.05) is 19.8 Å². The number of hydrogen-bond donors (Lipinski definition) is 8. The van der Waals surface area contributed by atoms with Gasteiger partial charge in [0.2, 0.25) is 6.29 Å². The zero-order valence-electron chi connectivity index (χ0n) is 27.2. The molecule has 264 valence electrons. The highest BCUT2D eigenvalue weighted by atomic mass is 16.7. The molecule has 0 amide bonds. The van der Waals surface area contributed by atoms with E-state index >= 15 is 0 Å². The second kappa shape index (κ2) is 18.1. The molecule has 0 aromatic heterocycles. The molecule has 13 heteroatoms. The molecular formula is C34H50O13. The van der Waals surface area contributed by atoms with Gasteiger partial charge in [-0.2, -0.15) is 0 Å². The van der Waals surface area contributed by atoms with Crippen molar-refractivity contribution in [3.63, 3.8) is 0 Å². The summed E-state index contributed by atoms with van der Waals surface area (Å²) in [6.07, 6.45) is -2.43. The average Bonchev–Trinajstić information content (AvgIpc) is 3.01. The summed E-state index contributed by atoms with van der Waals surface area (Å²) in [5.74, 6) is -3.25. The second-order valence-corrected chi connectivity index (χ2v) is 12.4. The minimum Gasteiger partial charge on any atom is -0.492 e. The number of ether oxygens (including phenoxy) is 4. The van der Waals surface area contributed by atoms with Gasteiger partial charge in [0, 0.05) is 11.5 Å². The molecule has 1 aromatic carbocycles. The molecule has 9 atom stereocenters. The Bertz CT molecular complexity index is 1260. The molecule has 1 unspecified atom stereocenters. The van der Waals surface area contributed by atoms with Crippen LogP contribution in [0.5, 0.6) is 11.5 Å². The Morgan fingerprint density at radius 2 is 1.70 bits per heavy atom. The smallest absolute Gasteiger partial charge is 0.339 e. The lowest BCUT2D eigenvalue weighted by Gasteiger charge is -2.40. The molecule has 2 fully saturated rings. The maximum Gasteiger partial charge on any atom is 0.339 e. The van der Waals surface area contributed by atoms with Gasteiger partial charge in [0.15, 0.2) is 12.6 Å². The third-order valence-corrected chi connectivity index (χ3v) is 8.44. The molecule has 0 saturated carbocycles. The number of rotatable bonds is 16. The lowest BCUT2D eigenvalue weighted by atomic mass is 9.93. The summed E-state index contributed by atoms with van der Waals surface area (Å²) < 4.78 is 23.0. The Morgan fingerprint density at radius 3 is 2.34 bits per heavy atom. The van der Waals surface area contributed by atoms with Crippen molar-refractivity contribution in [2.45, 2.75) is 103 Å². The third-order valence-electron chi connectivity index (χ3n) is 8.44. The molecule has 8 N–H and O–H groups in total. The maximum atomic E-state index is 12.8. The van der Waals surface area contributed by atoms with E-state index in [1.54, 1.807) is 6.08 Å². The van der Waals surface area contributed by atoms with Gasteiger partial charge >= 0.3 is 5.97 Å². The number of aliphatic hydroxyl groups is 7. The van der Waals surface area contributed by atoms with E-state index in [1.165, 1.54) is 11.6 Å². The number of carboxylic acid groups (broad SMARTS) is 1. The summed E-state index contributed by atoms with van der Waals surface area (Å²) in [7, 11) is 0. The van der Waals surface area contributed by atoms with E-state index in [-0.39, 0.29) is 48.7 Å². The fraction of sp³-hybridized carbons (Fsp3) is 0.618. The van der Waals surface area contributed by atoms with Crippen LogP contribution in [0.3, 0.4) is 0 Å². The fourth-order valence-corrected chi connectivity index (χ4v) is 5.56. The topological polar surface area (TPSA) is 216 Å².